The molecule has 3 aromatic rings. The molecule has 1 N–H and O–H groups in total. The topological polar surface area (TPSA) is 73.7 Å². The Morgan fingerprint density at radius 1 is 1.03 bits per heavy atom. The molecule has 6 nitrogen and oxygen atoms in total. The average Bonchev–Trinajstić information content (AvgIpc) is 2.87. The van der Waals surface area contributed by atoms with Gasteiger partial charge in [-0.05, 0) is 35.4 Å². The first kappa shape index (κ1) is 21.9. The molecule has 2 aliphatic heterocycles. The molecule has 2 amide bonds. The molecule has 2 fully saturated rings. The van der Waals surface area contributed by atoms with E-state index < -0.39 is 0 Å². The molecule has 0 spiro atoms. The van der Waals surface area contributed by atoms with Crippen molar-refractivity contribution >= 4 is 11.8 Å². The number of piperazine rings is 1. The highest BCUT2D eigenvalue weighted by atomic mass is 16.3. The third kappa shape index (κ3) is 4.18. The summed E-state index contributed by atoms with van der Waals surface area (Å²) in [5.74, 6) is 5.98. The largest absolute Gasteiger partial charge is 0.394 e. The van der Waals surface area contributed by atoms with Gasteiger partial charge in [0.15, 0.2) is 0 Å². The fraction of sp³-hybridized carbons (Fsp3) is 0.250. The van der Waals surface area contributed by atoms with Crippen molar-refractivity contribution in [2.75, 3.05) is 19.7 Å². The van der Waals surface area contributed by atoms with Crippen LogP contribution in [-0.4, -0.2) is 63.5 Å². The van der Waals surface area contributed by atoms with E-state index in [0.29, 0.717) is 18.7 Å². The van der Waals surface area contributed by atoms with Crippen LogP contribution in [0.4, 0.5) is 0 Å². The van der Waals surface area contributed by atoms with Crippen LogP contribution in [0, 0.1) is 11.8 Å². The van der Waals surface area contributed by atoms with Crippen LogP contribution in [-0.2, 0) is 11.2 Å². The fourth-order valence-electron chi connectivity index (χ4n) is 4.94. The first-order valence-electron chi connectivity index (χ1n) is 11.4. The molecule has 170 valence electrons. The molecule has 3 atom stereocenters. The van der Waals surface area contributed by atoms with Crippen molar-refractivity contribution in [3.63, 3.8) is 0 Å². The van der Waals surface area contributed by atoms with Gasteiger partial charge in [0.05, 0.1) is 18.7 Å². The Kier molecular flexibility index (Phi) is 6.11. The van der Waals surface area contributed by atoms with E-state index in [4.69, 9.17) is 0 Å². The standard InChI is InChI=1S/C28H25N3O3/c32-19-25-27(22-14-12-21(13-15-22)10-6-9-20-7-2-1-3-8-20)24-17-30(18-26(33)31(24)25)28(34)23-11-4-5-16-29-23/h1-5,7-8,11-16,24-25,27,32H,9,17-19H2/t24-,25+,27-/m1/s1. The maximum absolute atomic E-state index is 12.9. The lowest BCUT2D eigenvalue weighted by atomic mass is 9.73. The monoisotopic (exact) mass is 451 g/mol. The van der Waals surface area contributed by atoms with Gasteiger partial charge in [-0.3, -0.25) is 14.6 Å². The highest BCUT2D eigenvalue weighted by molar-refractivity contribution is 5.96. The number of fused-ring (bicyclic) bond motifs is 1. The van der Waals surface area contributed by atoms with Gasteiger partial charge < -0.3 is 14.9 Å². The molecule has 2 aromatic carbocycles. The number of aromatic nitrogens is 1. The third-order valence-electron chi connectivity index (χ3n) is 6.59. The van der Waals surface area contributed by atoms with Crippen LogP contribution in [0.5, 0.6) is 0 Å². The minimum absolute atomic E-state index is 0.00503. The van der Waals surface area contributed by atoms with Crippen molar-refractivity contribution in [3.05, 3.63) is 101 Å². The number of hydrogen-bond acceptors (Lipinski definition) is 4. The summed E-state index contributed by atoms with van der Waals surface area (Å²) in [6.45, 7) is 0.311. The number of hydrogen-bond donors (Lipinski definition) is 1. The lowest BCUT2D eigenvalue weighted by Crippen LogP contribution is -2.73. The zero-order chi connectivity index (χ0) is 23.5. The predicted molar refractivity (Wildman–Crippen MR) is 128 cm³/mol. The number of aliphatic hydroxyl groups is 1. The van der Waals surface area contributed by atoms with Crippen LogP contribution in [0.15, 0.2) is 79.0 Å². The minimum Gasteiger partial charge on any atom is -0.394 e. The number of rotatable bonds is 4. The molecule has 0 unspecified atom stereocenters. The van der Waals surface area contributed by atoms with Crippen LogP contribution < -0.4 is 0 Å². The number of carbonyl (C=O) groups is 2. The molecule has 2 saturated heterocycles. The zero-order valence-electron chi connectivity index (χ0n) is 18.7. The maximum atomic E-state index is 12.9. The highest BCUT2D eigenvalue weighted by Gasteiger charge is 2.54. The van der Waals surface area contributed by atoms with Crippen LogP contribution in [0.25, 0.3) is 0 Å². The van der Waals surface area contributed by atoms with Gasteiger partial charge in [-0.15, -0.1) is 0 Å². The Balaban J connectivity index is 1.31. The van der Waals surface area contributed by atoms with E-state index in [9.17, 15) is 14.7 Å². The van der Waals surface area contributed by atoms with Gasteiger partial charge in [0.1, 0.15) is 12.2 Å². The van der Waals surface area contributed by atoms with Crippen molar-refractivity contribution in [2.45, 2.75) is 24.4 Å². The number of pyridine rings is 1. The van der Waals surface area contributed by atoms with Crippen LogP contribution in [0.1, 0.15) is 33.1 Å². The number of aliphatic hydroxyl groups excluding tert-OH is 1. The first-order valence-corrected chi connectivity index (χ1v) is 11.4. The second-order valence-electron chi connectivity index (χ2n) is 8.63. The van der Waals surface area contributed by atoms with E-state index in [1.807, 2.05) is 42.5 Å². The summed E-state index contributed by atoms with van der Waals surface area (Å²) in [7, 11) is 0. The van der Waals surface area contributed by atoms with E-state index in [2.05, 4.69) is 29.0 Å². The smallest absolute Gasteiger partial charge is 0.272 e. The molecule has 5 rings (SSSR count). The SMILES string of the molecule is O=C(c1ccccn1)N1CC(=O)N2[C@H](C1)[C@@H](c1ccc(C#CCc3ccccc3)cc1)[C@@H]2CO. The van der Waals surface area contributed by atoms with Crippen LogP contribution >= 0.6 is 0 Å². The molecule has 0 saturated carbocycles. The van der Waals surface area contributed by atoms with E-state index in [1.165, 1.54) is 5.56 Å². The Hall–Kier alpha value is -3.95. The number of benzene rings is 2. The lowest BCUT2D eigenvalue weighted by molar-refractivity contribution is -0.159. The summed E-state index contributed by atoms with van der Waals surface area (Å²) < 4.78 is 0. The van der Waals surface area contributed by atoms with Gasteiger partial charge in [-0.25, -0.2) is 0 Å². The van der Waals surface area contributed by atoms with Crippen molar-refractivity contribution in [1.29, 1.82) is 0 Å². The van der Waals surface area contributed by atoms with Crippen LogP contribution in [0.3, 0.4) is 0 Å². The summed E-state index contributed by atoms with van der Waals surface area (Å²) >= 11 is 0. The van der Waals surface area contributed by atoms with Crippen molar-refractivity contribution in [1.82, 2.24) is 14.8 Å². The van der Waals surface area contributed by atoms with E-state index in [0.717, 1.165) is 11.1 Å². The quantitative estimate of drug-likeness (QED) is 0.619. The summed E-state index contributed by atoms with van der Waals surface area (Å²) in [6.07, 6.45) is 2.26. The Bertz CT molecular complexity index is 1230. The summed E-state index contributed by atoms with van der Waals surface area (Å²) in [5.41, 5.74) is 3.47. The summed E-state index contributed by atoms with van der Waals surface area (Å²) in [6, 6.07) is 22.8. The molecule has 2 aliphatic rings. The molecule has 0 bridgehead atoms. The maximum Gasteiger partial charge on any atom is 0.272 e. The van der Waals surface area contributed by atoms with Crippen molar-refractivity contribution < 1.29 is 14.7 Å². The van der Waals surface area contributed by atoms with Gasteiger partial charge >= 0.3 is 0 Å². The molecular formula is C28H25N3O3. The van der Waals surface area contributed by atoms with Gasteiger partial charge in [0, 0.05) is 30.6 Å². The second-order valence-corrected chi connectivity index (χ2v) is 8.63. The Morgan fingerprint density at radius 3 is 2.50 bits per heavy atom. The molecule has 3 heterocycles. The van der Waals surface area contributed by atoms with Gasteiger partial charge in [-0.1, -0.05) is 60.4 Å². The summed E-state index contributed by atoms with van der Waals surface area (Å²) in [4.78, 5) is 33.1. The normalized spacial score (nSPS) is 21.2. The highest BCUT2D eigenvalue weighted by Crippen LogP contribution is 2.43. The number of nitrogens with zero attached hydrogens (tertiary/aromatic N) is 3. The molecule has 6 heteroatoms. The van der Waals surface area contributed by atoms with Gasteiger partial charge in [0.2, 0.25) is 5.91 Å². The lowest BCUT2D eigenvalue weighted by Gasteiger charge is -2.58. The van der Waals surface area contributed by atoms with Crippen molar-refractivity contribution in [3.8, 4) is 11.8 Å². The minimum atomic E-state index is -0.278. The predicted octanol–water partition coefficient (Wildman–Crippen LogP) is 2.49. The molecule has 0 aliphatic carbocycles. The van der Waals surface area contributed by atoms with Crippen LogP contribution in [0.2, 0.25) is 0 Å². The van der Waals surface area contributed by atoms with E-state index >= 15 is 0 Å². The first-order chi connectivity index (χ1) is 16.7. The molecule has 0 radical (unpaired) electrons. The zero-order valence-corrected chi connectivity index (χ0v) is 18.7. The summed E-state index contributed by atoms with van der Waals surface area (Å²) in [5, 5.41) is 10.00. The fourth-order valence-corrected chi connectivity index (χ4v) is 4.94. The molecule has 34 heavy (non-hydrogen) atoms. The van der Waals surface area contributed by atoms with E-state index in [-0.39, 0.29) is 43.0 Å². The van der Waals surface area contributed by atoms with Gasteiger partial charge in [0.25, 0.3) is 5.91 Å². The van der Waals surface area contributed by atoms with Crippen molar-refractivity contribution in [2.24, 2.45) is 0 Å². The Morgan fingerprint density at radius 2 is 1.79 bits per heavy atom. The number of carbonyl (C=O) groups excluding carboxylic acids is 2. The second kappa shape index (κ2) is 9.50. The molecular weight excluding hydrogens is 426 g/mol. The van der Waals surface area contributed by atoms with Gasteiger partial charge in [-0.2, -0.15) is 0 Å². The average molecular weight is 452 g/mol. The Labute approximate surface area is 198 Å². The number of amides is 2. The van der Waals surface area contributed by atoms with E-state index in [1.54, 1.807) is 34.2 Å². The molecule has 1 aromatic heterocycles. The third-order valence-corrected chi connectivity index (χ3v) is 6.59.